The zero-order valence-corrected chi connectivity index (χ0v) is 13.3. The van der Waals surface area contributed by atoms with Gasteiger partial charge in [-0.05, 0) is 45.1 Å². The van der Waals surface area contributed by atoms with Crippen molar-refractivity contribution in [2.45, 2.75) is 63.9 Å². The second-order valence-corrected chi connectivity index (χ2v) is 7.22. The van der Waals surface area contributed by atoms with Gasteiger partial charge in [-0.2, -0.15) is 0 Å². The van der Waals surface area contributed by atoms with Gasteiger partial charge >= 0.3 is 0 Å². The number of hydrogen-bond donors (Lipinski definition) is 1. The number of thiazole rings is 1. The molecule has 1 aromatic heterocycles. The van der Waals surface area contributed by atoms with Gasteiger partial charge in [-0.25, -0.2) is 4.98 Å². The van der Waals surface area contributed by atoms with Gasteiger partial charge in [0.25, 0.3) is 0 Å². The summed E-state index contributed by atoms with van der Waals surface area (Å²) < 4.78 is 5.75. The van der Waals surface area contributed by atoms with E-state index in [4.69, 9.17) is 9.72 Å². The molecule has 3 nitrogen and oxygen atoms in total. The van der Waals surface area contributed by atoms with Crippen LogP contribution in [0, 0.1) is 0 Å². The number of nitrogens with one attached hydrogen (secondary N) is 1. The molecule has 0 spiro atoms. The highest BCUT2D eigenvalue weighted by Gasteiger charge is 2.26. The van der Waals surface area contributed by atoms with Crippen LogP contribution in [-0.4, -0.2) is 30.8 Å². The van der Waals surface area contributed by atoms with E-state index in [1.165, 1.54) is 49.2 Å². The lowest BCUT2D eigenvalue weighted by atomic mass is 9.91. The standard InChI is InChI=1S/C16H26N2OS/c1-2-8-17-11-12-5-3-7-14-16(12)18-15(20-14)10-13-6-4-9-19-13/h12-13,17H,2-11H2,1H3. The van der Waals surface area contributed by atoms with Crippen LogP contribution in [0.5, 0.6) is 0 Å². The number of rotatable bonds is 6. The van der Waals surface area contributed by atoms with Crippen molar-refractivity contribution in [3.05, 3.63) is 15.6 Å². The van der Waals surface area contributed by atoms with Crippen LogP contribution >= 0.6 is 11.3 Å². The first-order chi connectivity index (χ1) is 9.86. The first kappa shape index (κ1) is 14.5. The average molecular weight is 294 g/mol. The van der Waals surface area contributed by atoms with Gasteiger partial charge < -0.3 is 10.1 Å². The molecule has 0 saturated carbocycles. The lowest BCUT2D eigenvalue weighted by Crippen LogP contribution is -2.24. The summed E-state index contributed by atoms with van der Waals surface area (Å²) in [6, 6.07) is 0. The smallest absolute Gasteiger partial charge is 0.0957 e. The Morgan fingerprint density at radius 2 is 2.30 bits per heavy atom. The molecule has 1 aliphatic carbocycles. The summed E-state index contributed by atoms with van der Waals surface area (Å²) >= 11 is 1.95. The molecule has 20 heavy (non-hydrogen) atoms. The number of ether oxygens (including phenoxy) is 1. The van der Waals surface area contributed by atoms with Crippen LogP contribution in [0.2, 0.25) is 0 Å². The van der Waals surface area contributed by atoms with Crippen molar-refractivity contribution < 1.29 is 4.74 Å². The largest absolute Gasteiger partial charge is 0.378 e. The van der Waals surface area contributed by atoms with E-state index in [1.807, 2.05) is 11.3 Å². The summed E-state index contributed by atoms with van der Waals surface area (Å²) in [6.45, 7) is 5.39. The Morgan fingerprint density at radius 1 is 1.35 bits per heavy atom. The molecule has 2 atom stereocenters. The second kappa shape index (κ2) is 7.01. The highest BCUT2D eigenvalue weighted by Crippen LogP contribution is 2.35. The van der Waals surface area contributed by atoms with Crippen molar-refractivity contribution in [3.63, 3.8) is 0 Å². The predicted molar refractivity (Wildman–Crippen MR) is 83.6 cm³/mol. The molecule has 112 valence electrons. The fourth-order valence-corrected chi connectivity index (χ4v) is 4.56. The SMILES string of the molecule is CCCNCC1CCCc2sc(CC3CCCO3)nc21. The van der Waals surface area contributed by atoms with Gasteiger partial charge in [0.15, 0.2) is 0 Å². The van der Waals surface area contributed by atoms with Gasteiger partial charge in [-0.15, -0.1) is 11.3 Å². The molecule has 1 aromatic rings. The van der Waals surface area contributed by atoms with Crippen LogP contribution in [0.25, 0.3) is 0 Å². The third kappa shape index (κ3) is 3.41. The van der Waals surface area contributed by atoms with Crippen LogP contribution in [0.3, 0.4) is 0 Å². The van der Waals surface area contributed by atoms with E-state index >= 15 is 0 Å². The normalized spacial score (nSPS) is 25.9. The summed E-state index contributed by atoms with van der Waals surface area (Å²) in [5.41, 5.74) is 1.40. The maximum Gasteiger partial charge on any atom is 0.0957 e. The van der Waals surface area contributed by atoms with E-state index in [2.05, 4.69) is 12.2 Å². The van der Waals surface area contributed by atoms with Crippen LogP contribution in [0.4, 0.5) is 0 Å². The summed E-state index contributed by atoms with van der Waals surface area (Å²) in [6.07, 6.45) is 8.97. The molecule has 0 radical (unpaired) electrons. The van der Waals surface area contributed by atoms with Crippen molar-refractivity contribution in [2.75, 3.05) is 19.7 Å². The molecule has 1 saturated heterocycles. The Kier molecular flexibility index (Phi) is 5.08. The topological polar surface area (TPSA) is 34.1 Å². The first-order valence-electron chi connectivity index (χ1n) is 8.17. The van der Waals surface area contributed by atoms with Crippen LogP contribution in [0.15, 0.2) is 0 Å². The minimum Gasteiger partial charge on any atom is -0.378 e. The summed E-state index contributed by atoms with van der Waals surface area (Å²) in [5.74, 6) is 0.639. The third-order valence-electron chi connectivity index (χ3n) is 4.36. The molecule has 2 aliphatic rings. The van der Waals surface area contributed by atoms with E-state index in [9.17, 15) is 0 Å². The molecule has 0 bridgehead atoms. The number of aromatic nitrogens is 1. The molecule has 2 heterocycles. The number of aryl methyl sites for hydroxylation is 1. The van der Waals surface area contributed by atoms with Gasteiger partial charge in [0.2, 0.25) is 0 Å². The van der Waals surface area contributed by atoms with Gasteiger partial charge in [0, 0.05) is 30.4 Å². The number of hydrogen-bond acceptors (Lipinski definition) is 4. The van der Waals surface area contributed by atoms with Crippen molar-refractivity contribution >= 4 is 11.3 Å². The van der Waals surface area contributed by atoms with Gasteiger partial charge in [0.05, 0.1) is 16.8 Å². The molecule has 3 rings (SSSR count). The quantitative estimate of drug-likeness (QED) is 0.818. The maximum atomic E-state index is 5.75. The summed E-state index contributed by atoms with van der Waals surface area (Å²) in [7, 11) is 0. The Bertz CT molecular complexity index is 426. The van der Waals surface area contributed by atoms with E-state index in [0.717, 1.165) is 26.1 Å². The zero-order chi connectivity index (χ0) is 13.8. The lowest BCUT2D eigenvalue weighted by Gasteiger charge is -2.21. The number of nitrogens with zero attached hydrogens (tertiary/aromatic N) is 1. The van der Waals surface area contributed by atoms with E-state index in [1.54, 1.807) is 4.88 Å². The predicted octanol–water partition coefficient (Wildman–Crippen LogP) is 3.28. The van der Waals surface area contributed by atoms with E-state index in [-0.39, 0.29) is 0 Å². The lowest BCUT2D eigenvalue weighted by molar-refractivity contribution is 0.111. The van der Waals surface area contributed by atoms with E-state index in [0.29, 0.717) is 12.0 Å². The Labute approximate surface area is 126 Å². The van der Waals surface area contributed by atoms with Crippen LogP contribution in [0.1, 0.15) is 60.5 Å². The minimum atomic E-state index is 0.430. The van der Waals surface area contributed by atoms with Gasteiger partial charge in [-0.1, -0.05) is 6.92 Å². The van der Waals surface area contributed by atoms with Crippen LogP contribution < -0.4 is 5.32 Å². The monoisotopic (exact) mass is 294 g/mol. The Hall–Kier alpha value is -0.450. The zero-order valence-electron chi connectivity index (χ0n) is 12.5. The van der Waals surface area contributed by atoms with E-state index < -0.39 is 0 Å². The highest BCUT2D eigenvalue weighted by atomic mass is 32.1. The summed E-state index contributed by atoms with van der Waals surface area (Å²) in [4.78, 5) is 6.52. The molecule has 1 fully saturated rings. The fraction of sp³-hybridized carbons (Fsp3) is 0.812. The van der Waals surface area contributed by atoms with Crippen molar-refractivity contribution in [1.82, 2.24) is 10.3 Å². The molecule has 1 N–H and O–H groups in total. The molecular formula is C16H26N2OS. The second-order valence-electron chi connectivity index (χ2n) is 6.05. The van der Waals surface area contributed by atoms with Crippen molar-refractivity contribution in [3.8, 4) is 0 Å². The van der Waals surface area contributed by atoms with Crippen LogP contribution in [-0.2, 0) is 17.6 Å². The molecular weight excluding hydrogens is 268 g/mol. The third-order valence-corrected chi connectivity index (χ3v) is 5.51. The Balaban J connectivity index is 1.64. The minimum absolute atomic E-state index is 0.430. The highest BCUT2D eigenvalue weighted by molar-refractivity contribution is 7.11. The molecule has 4 heteroatoms. The van der Waals surface area contributed by atoms with Crippen molar-refractivity contribution in [1.29, 1.82) is 0 Å². The van der Waals surface area contributed by atoms with Gasteiger partial charge in [-0.3, -0.25) is 0 Å². The maximum absolute atomic E-state index is 5.75. The molecule has 0 amide bonds. The fourth-order valence-electron chi connectivity index (χ4n) is 3.30. The van der Waals surface area contributed by atoms with Crippen molar-refractivity contribution in [2.24, 2.45) is 0 Å². The first-order valence-corrected chi connectivity index (χ1v) is 8.99. The molecule has 2 unspecified atom stereocenters. The van der Waals surface area contributed by atoms with Gasteiger partial charge in [0.1, 0.15) is 0 Å². The Morgan fingerprint density at radius 3 is 3.10 bits per heavy atom. The summed E-state index contributed by atoms with van der Waals surface area (Å²) in [5, 5.41) is 4.88. The molecule has 0 aromatic carbocycles. The number of fused-ring (bicyclic) bond motifs is 1. The molecule has 1 aliphatic heterocycles. The average Bonchev–Trinajstić information content (AvgIpc) is 3.08.